The first-order valence-electron chi connectivity index (χ1n) is 11.0. The summed E-state index contributed by atoms with van der Waals surface area (Å²) < 4.78 is 74.0. The fourth-order valence-electron chi connectivity index (χ4n) is 3.89. The number of halogens is 5. The summed E-state index contributed by atoms with van der Waals surface area (Å²) in [5.41, 5.74) is 0.934. The van der Waals surface area contributed by atoms with Crippen LogP contribution in [0.25, 0.3) is 0 Å². The molecule has 1 heterocycles. The Balaban J connectivity index is 1.38. The highest BCUT2D eigenvalue weighted by Gasteiger charge is 2.30. The van der Waals surface area contributed by atoms with E-state index in [0.717, 1.165) is 10.6 Å². The van der Waals surface area contributed by atoms with Crippen LogP contribution in [0, 0.1) is 29.1 Å². The number of ether oxygens (including phenoxy) is 1. The monoisotopic (exact) mass is 491 g/mol. The van der Waals surface area contributed by atoms with Crippen LogP contribution in [0.2, 0.25) is 0 Å². The van der Waals surface area contributed by atoms with Crippen LogP contribution < -0.4 is 19.9 Å². The molecule has 1 fully saturated rings. The Labute approximate surface area is 198 Å². The van der Waals surface area contributed by atoms with Crippen molar-refractivity contribution in [3.05, 3.63) is 83.2 Å². The van der Waals surface area contributed by atoms with Gasteiger partial charge in [-0.3, -0.25) is 4.79 Å². The average molecular weight is 491 g/mol. The number of piperazine rings is 1. The molecular formula is C25H22F5N3O2. The molecule has 4 rings (SSSR count). The summed E-state index contributed by atoms with van der Waals surface area (Å²) in [6.45, 7) is 3.14. The van der Waals surface area contributed by atoms with E-state index in [2.05, 4.69) is 5.32 Å². The molecule has 35 heavy (non-hydrogen) atoms. The molecule has 5 nitrogen and oxygen atoms in total. The van der Waals surface area contributed by atoms with Crippen molar-refractivity contribution in [2.75, 3.05) is 47.9 Å². The quantitative estimate of drug-likeness (QED) is 0.287. The van der Waals surface area contributed by atoms with E-state index in [1.54, 1.807) is 48.5 Å². The smallest absolute Gasteiger partial charge is 0.255 e. The van der Waals surface area contributed by atoms with Gasteiger partial charge < -0.3 is 19.9 Å². The van der Waals surface area contributed by atoms with Crippen molar-refractivity contribution in [3.8, 4) is 5.75 Å². The molecule has 1 saturated heterocycles. The summed E-state index contributed by atoms with van der Waals surface area (Å²) in [6.07, 6.45) is 0. The van der Waals surface area contributed by atoms with E-state index < -0.39 is 34.8 Å². The standard InChI is InChI=1S/C25H22F5N3O2/c1-2-35-18-9-3-15(4-10-18)25(34)31-16-5-7-17(8-6-16)32-11-13-33(14-12-32)24-22(29)20(27)19(26)21(28)23(24)30/h3-10H,2,11-14H2,1H3,(H,31,34). The summed E-state index contributed by atoms with van der Waals surface area (Å²) in [4.78, 5) is 15.5. The minimum atomic E-state index is -2.17. The normalized spacial score (nSPS) is 13.7. The first-order valence-corrected chi connectivity index (χ1v) is 11.0. The third kappa shape index (κ3) is 5.01. The fraction of sp³-hybridized carbons (Fsp3) is 0.240. The molecule has 0 radical (unpaired) electrons. The molecule has 0 aliphatic carbocycles. The van der Waals surface area contributed by atoms with Gasteiger partial charge in [0.25, 0.3) is 5.91 Å². The van der Waals surface area contributed by atoms with Crippen molar-refractivity contribution >= 4 is 23.0 Å². The van der Waals surface area contributed by atoms with Crippen LogP contribution in [0.5, 0.6) is 5.75 Å². The molecule has 3 aromatic carbocycles. The first-order chi connectivity index (χ1) is 16.8. The predicted molar refractivity (Wildman–Crippen MR) is 123 cm³/mol. The zero-order chi connectivity index (χ0) is 25.1. The molecule has 0 saturated carbocycles. The van der Waals surface area contributed by atoms with E-state index in [0.29, 0.717) is 36.7 Å². The second-order valence-electron chi connectivity index (χ2n) is 7.85. The third-order valence-electron chi connectivity index (χ3n) is 5.70. The summed E-state index contributed by atoms with van der Waals surface area (Å²) in [6, 6.07) is 13.8. The maximum Gasteiger partial charge on any atom is 0.255 e. The number of benzene rings is 3. The van der Waals surface area contributed by atoms with Crippen molar-refractivity contribution in [2.24, 2.45) is 0 Å². The minimum absolute atomic E-state index is 0.0641. The van der Waals surface area contributed by atoms with E-state index in [-0.39, 0.29) is 19.0 Å². The Hall–Kier alpha value is -3.82. The molecule has 0 bridgehead atoms. The van der Waals surface area contributed by atoms with E-state index in [4.69, 9.17) is 4.74 Å². The highest BCUT2D eigenvalue weighted by atomic mass is 19.2. The lowest BCUT2D eigenvalue weighted by atomic mass is 10.1. The fourth-order valence-corrected chi connectivity index (χ4v) is 3.89. The summed E-state index contributed by atoms with van der Waals surface area (Å²) >= 11 is 0. The lowest BCUT2D eigenvalue weighted by Gasteiger charge is -2.37. The van der Waals surface area contributed by atoms with Crippen LogP contribution in [-0.4, -0.2) is 38.7 Å². The molecule has 10 heteroatoms. The number of amides is 1. The molecule has 184 valence electrons. The van der Waals surface area contributed by atoms with Crippen molar-refractivity contribution in [2.45, 2.75) is 6.92 Å². The van der Waals surface area contributed by atoms with Gasteiger partial charge in [0, 0.05) is 43.1 Å². The number of carbonyl (C=O) groups excluding carboxylic acids is 1. The number of nitrogens with one attached hydrogen (secondary N) is 1. The Kier molecular flexibility index (Phi) is 7.09. The van der Waals surface area contributed by atoms with Crippen molar-refractivity contribution < 1.29 is 31.5 Å². The third-order valence-corrected chi connectivity index (χ3v) is 5.70. The SMILES string of the molecule is CCOc1ccc(C(=O)Nc2ccc(N3CCN(c4c(F)c(F)c(F)c(F)c4F)CC3)cc2)cc1. The molecule has 0 unspecified atom stereocenters. The van der Waals surface area contributed by atoms with Gasteiger partial charge in [-0.2, -0.15) is 0 Å². The van der Waals surface area contributed by atoms with Gasteiger partial charge in [-0.05, 0) is 55.5 Å². The number of hydrogen-bond donors (Lipinski definition) is 1. The van der Waals surface area contributed by atoms with Crippen LogP contribution in [0.15, 0.2) is 48.5 Å². The van der Waals surface area contributed by atoms with Crippen molar-refractivity contribution in [1.82, 2.24) is 0 Å². The highest BCUT2D eigenvalue weighted by Crippen LogP contribution is 2.31. The lowest BCUT2D eigenvalue weighted by Crippen LogP contribution is -2.47. The second kappa shape index (κ2) is 10.2. The van der Waals surface area contributed by atoms with E-state index >= 15 is 0 Å². The zero-order valence-electron chi connectivity index (χ0n) is 18.8. The van der Waals surface area contributed by atoms with Crippen molar-refractivity contribution in [1.29, 1.82) is 0 Å². The van der Waals surface area contributed by atoms with E-state index in [9.17, 15) is 26.7 Å². The molecule has 3 aromatic rings. The first kappa shape index (κ1) is 24.3. The number of carbonyl (C=O) groups is 1. The predicted octanol–water partition coefficient (Wildman–Crippen LogP) is 5.36. The van der Waals surface area contributed by atoms with Gasteiger partial charge >= 0.3 is 0 Å². The van der Waals surface area contributed by atoms with Gasteiger partial charge in [0.2, 0.25) is 5.82 Å². The van der Waals surface area contributed by atoms with Crippen LogP contribution in [0.1, 0.15) is 17.3 Å². The van der Waals surface area contributed by atoms with Crippen LogP contribution in [0.3, 0.4) is 0 Å². The van der Waals surface area contributed by atoms with Crippen LogP contribution in [-0.2, 0) is 0 Å². The van der Waals surface area contributed by atoms with E-state index in [1.807, 2.05) is 11.8 Å². The van der Waals surface area contributed by atoms with Crippen LogP contribution in [0.4, 0.5) is 39.0 Å². The molecular weight excluding hydrogens is 469 g/mol. The second-order valence-corrected chi connectivity index (χ2v) is 7.85. The summed E-state index contributed by atoms with van der Waals surface area (Å²) in [5, 5.41) is 2.80. The summed E-state index contributed by atoms with van der Waals surface area (Å²) in [5.74, 6) is -9.35. The molecule has 1 N–H and O–H groups in total. The number of rotatable bonds is 6. The Bertz CT molecular complexity index is 1180. The zero-order valence-corrected chi connectivity index (χ0v) is 18.8. The minimum Gasteiger partial charge on any atom is -0.494 e. The maximum absolute atomic E-state index is 14.1. The van der Waals surface area contributed by atoms with Crippen molar-refractivity contribution in [3.63, 3.8) is 0 Å². The largest absolute Gasteiger partial charge is 0.494 e. The van der Waals surface area contributed by atoms with E-state index in [1.165, 1.54) is 0 Å². The maximum atomic E-state index is 14.1. The van der Waals surface area contributed by atoms with Gasteiger partial charge in [-0.15, -0.1) is 0 Å². The Morgan fingerprint density at radius 3 is 1.83 bits per heavy atom. The molecule has 0 aromatic heterocycles. The number of hydrogen-bond acceptors (Lipinski definition) is 4. The number of nitrogens with zero attached hydrogens (tertiary/aromatic N) is 2. The number of anilines is 3. The summed E-state index contributed by atoms with van der Waals surface area (Å²) in [7, 11) is 0. The van der Waals surface area contributed by atoms with Gasteiger partial charge in [0.15, 0.2) is 23.3 Å². The average Bonchev–Trinajstić information content (AvgIpc) is 2.88. The molecule has 1 aliphatic rings. The molecule has 1 aliphatic heterocycles. The topological polar surface area (TPSA) is 44.8 Å². The molecule has 0 atom stereocenters. The molecule has 0 spiro atoms. The van der Waals surface area contributed by atoms with Gasteiger partial charge in [0.05, 0.1) is 6.61 Å². The Morgan fingerprint density at radius 2 is 1.29 bits per heavy atom. The highest BCUT2D eigenvalue weighted by molar-refractivity contribution is 6.04. The Morgan fingerprint density at radius 1 is 0.771 bits per heavy atom. The van der Waals surface area contributed by atoms with Gasteiger partial charge in [-0.25, -0.2) is 22.0 Å². The molecule has 1 amide bonds. The lowest BCUT2D eigenvalue weighted by molar-refractivity contribution is 0.102. The van der Waals surface area contributed by atoms with Crippen LogP contribution >= 0.6 is 0 Å². The van der Waals surface area contributed by atoms with Gasteiger partial charge in [0.1, 0.15) is 11.4 Å². The van der Waals surface area contributed by atoms with Gasteiger partial charge in [-0.1, -0.05) is 0 Å².